The van der Waals surface area contributed by atoms with Crippen LogP contribution in [0.5, 0.6) is 0 Å². The maximum Gasteiger partial charge on any atom is 0.335 e. The third kappa shape index (κ3) is 3.14. The van der Waals surface area contributed by atoms with Crippen LogP contribution in [0.1, 0.15) is 15.9 Å². The van der Waals surface area contributed by atoms with Crippen LogP contribution < -0.4 is 0 Å². The molecular formula is C8H7FO4S. The van der Waals surface area contributed by atoms with Crippen molar-refractivity contribution in [3.8, 4) is 0 Å². The van der Waals surface area contributed by atoms with Gasteiger partial charge in [-0.1, -0.05) is 12.1 Å². The molecule has 0 aliphatic rings. The van der Waals surface area contributed by atoms with Crippen molar-refractivity contribution in [3.63, 3.8) is 0 Å². The van der Waals surface area contributed by atoms with Gasteiger partial charge in [0, 0.05) is 0 Å². The highest BCUT2D eigenvalue weighted by atomic mass is 32.3. The summed E-state index contributed by atoms with van der Waals surface area (Å²) in [5, 5.41) is 8.56. The first-order valence-electron chi connectivity index (χ1n) is 3.63. The van der Waals surface area contributed by atoms with Gasteiger partial charge in [0.25, 0.3) is 0 Å². The molecule has 0 atom stereocenters. The first-order chi connectivity index (χ1) is 6.38. The molecule has 0 heterocycles. The number of aromatic carboxylic acids is 1. The van der Waals surface area contributed by atoms with Crippen LogP contribution >= 0.6 is 0 Å². The highest BCUT2D eigenvalue weighted by Gasteiger charge is 2.10. The lowest BCUT2D eigenvalue weighted by atomic mass is 10.1. The van der Waals surface area contributed by atoms with E-state index in [1.165, 1.54) is 18.2 Å². The average molecular weight is 218 g/mol. The van der Waals surface area contributed by atoms with E-state index in [0.717, 1.165) is 6.07 Å². The van der Waals surface area contributed by atoms with Crippen LogP contribution in [0.25, 0.3) is 0 Å². The highest BCUT2D eigenvalue weighted by molar-refractivity contribution is 7.85. The molecule has 14 heavy (non-hydrogen) atoms. The van der Waals surface area contributed by atoms with Gasteiger partial charge in [-0.15, -0.1) is 3.89 Å². The third-order valence-electron chi connectivity index (χ3n) is 1.51. The van der Waals surface area contributed by atoms with Crippen molar-refractivity contribution in [2.45, 2.75) is 5.75 Å². The Morgan fingerprint density at radius 3 is 2.57 bits per heavy atom. The summed E-state index contributed by atoms with van der Waals surface area (Å²) in [6.07, 6.45) is 0. The zero-order chi connectivity index (χ0) is 10.8. The Hall–Kier alpha value is -1.43. The van der Waals surface area contributed by atoms with Gasteiger partial charge in [0.1, 0.15) is 5.75 Å². The second-order valence-corrected chi connectivity index (χ2v) is 4.06. The van der Waals surface area contributed by atoms with Crippen LogP contribution in [-0.2, 0) is 16.0 Å². The van der Waals surface area contributed by atoms with Gasteiger partial charge in [-0.25, -0.2) is 4.79 Å². The molecule has 0 aromatic heterocycles. The van der Waals surface area contributed by atoms with Gasteiger partial charge >= 0.3 is 16.2 Å². The van der Waals surface area contributed by atoms with E-state index < -0.39 is 21.9 Å². The van der Waals surface area contributed by atoms with Crippen molar-refractivity contribution in [1.82, 2.24) is 0 Å². The summed E-state index contributed by atoms with van der Waals surface area (Å²) in [5.41, 5.74) is 0.0542. The van der Waals surface area contributed by atoms with Crippen LogP contribution in [0.2, 0.25) is 0 Å². The number of carbonyl (C=O) groups is 1. The molecular weight excluding hydrogens is 211 g/mol. The maximum atomic E-state index is 12.2. The monoisotopic (exact) mass is 218 g/mol. The molecule has 1 N–H and O–H groups in total. The molecule has 4 nitrogen and oxygen atoms in total. The van der Waals surface area contributed by atoms with E-state index in [0.29, 0.717) is 0 Å². The molecule has 0 saturated heterocycles. The normalized spacial score (nSPS) is 11.2. The predicted molar refractivity (Wildman–Crippen MR) is 47.1 cm³/mol. The molecule has 0 spiro atoms. The van der Waals surface area contributed by atoms with Crippen LogP contribution in [0.4, 0.5) is 3.89 Å². The van der Waals surface area contributed by atoms with E-state index in [9.17, 15) is 17.1 Å². The predicted octanol–water partition coefficient (Wildman–Crippen LogP) is 1.18. The van der Waals surface area contributed by atoms with E-state index in [-0.39, 0.29) is 11.1 Å². The van der Waals surface area contributed by atoms with Gasteiger partial charge in [0.15, 0.2) is 0 Å². The fourth-order valence-corrected chi connectivity index (χ4v) is 1.57. The second-order valence-electron chi connectivity index (χ2n) is 2.69. The van der Waals surface area contributed by atoms with Crippen LogP contribution in [0, 0.1) is 0 Å². The number of carboxylic acid groups (broad SMARTS) is 1. The fourth-order valence-electron chi connectivity index (χ4n) is 0.993. The van der Waals surface area contributed by atoms with Gasteiger partial charge in [-0.3, -0.25) is 0 Å². The number of hydrogen-bond donors (Lipinski definition) is 1. The number of hydrogen-bond acceptors (Lipinski definition) is 3. The van der Waals surface area contributed by atoms with Crippen molar-refractivity contribution in [2.24, 2.45) is 0 Å². The van der Waals surface area contributed by atoms with Crippen molar-refractivity contribution in [2.75, 3.05) is 0 Å². The van der Waals surface area contributed by atoms with Gasteiger partial charge in [-0.05, 0) is 17.7 Å². The minimum atomic E-state index is -4.61. The van der Waals surface area contributed by atoms with Crippen LogP contribution in [0.3, 0.4) is 0 Å². The third-order valence-corrected chi connectivity index (χ3v) is 2.19. The van der Waals surface area contributed by atoms with Gasteiger partial charge in [-0.2, -0.15) is 8.42 Å². The number of carboxylic acids is 1. The molecule has 1 aromatic carbocycles. The summed E-state index contributed by atoms with van der Waals surface area (Å²) in [6, 6.07) is 5.14. The molecule has 0 fully saturated rings. The minimum absolute atomic E-state index is 0.0637. The largest absolute Gasteiger partial charge is 0.478 e. The molecule has 1 aromatic rings. The maximum absolute atomic E-state index is 12.2. The van der Waals surface area contributed by atoms with E-state index >= 15 is 0 Å². The zero-order valence-electron chi connectivity index (χ0n) is 6.97. The fraction of sp³-hybridized carbons (Fsp3) is 0.125. The Kier molecular flexibility index (Phi) is 2.85. The second kappa shape index (κ2) is 3.75. The van der Waals surface area contributed by atoms with Gasteiger partial charge in [0.2, 0.25) is 0 Å². The van der Waals surface area contributed by atoms with Crippen molar-refractivity contribution in [3.05, 3.63) is 35.4 Å². The summed E-state index contributed by atoms with van der Waals surface area (Å²) in [4.78, 5) is 10.5. The lowest BCUT2D eigenvalue weighted by Crippen LogP contribution is -2.00. The Morgan fingerprint density at radius 2 is 2.07 bits per heavy atom. The smallest absolute Gasteiger partial charge is 0.335 e. The van der Waals surface area contributed by atoms with E-state index in [2.05, 4.69) is 0 Å². The van der Waals surface area contributed by atoms with Crippen LogP contribution in [-0.4, -0.2) is 19.5 Å². The van der Waals surface area contributed by atoms with E-state index in [1.54, 1.807) is 0 Å². The summed E-state index contributed by atoms with van der Waals surface area (Å²) in [6.45, 7) is 0. The van der Waals surface area contributed by atoms with Crippen molar-refractivity contribution < 1.29 is 22.2 Å². The molecule has 0 amide bonds. The first-order valence-corrected chi connectivity index (χ1v) is 5.18. The summed E-state index contributed by atoms with van der Waals surface area (Å²) >= 11 is 0. The standard InChI is InChI=1S/C8H7FO4S/c9-14(12,13)5-6-2-1-3-7(4-6)8(10)11/h1-4H,5H2,(H,10,11). The Morgan fingerprint density at radius 1 is 1.43 bits per heavy atom. The molecule has 0 radical (unpaired) electrons. The Bertz CT molecular complexity index is 452. The summed E-state index contributed by atoms with van der Waals surface area (Å²) < 4.78 is 32.8. The topological polar surface area (TPSA) is 71.4 Å². The van der Waals surface area contributed by atoms with Crippen molar-refractivity contribution in [1.29, 1.82) is 0 Å². The van der Waals surface area contributed by atoms with E-state index in [4.69, 9.17) is 5.11 Å². The zero-order valence-corrected chi connectivity index (χ0v) is 7.79. The number of rotatable bonds is 3. The number of benzene rings is 1. The molecule has 0 saturated carbocycles. The summed E-state index contributed by atoms with van der Waals surface area (Å²) in [5.74, 6) is -1.98. The minimum Gasteiger partial charge on any atom is -0.478 e. The van der Waals surface area contributed by atoms with Crippen molar-refractivity contribution >= 4 is 16.2 Å². The average Bonchev–Trinajstić information content (AvgIpc) is 2.01. The molecule has 1 rings (SSSR count). The van der Waals surface area contributed by atoms with Crippen LogP contribution in [0.15, 0.2) is 24.3 Å². The lowest BCUT2D eigenvalue weighted by molar-refractivity contribution is 0.0696. The molecule has 0 aliphatic heterocycles. The quantitative estimate of drug-likeness (QED) is 0.773. The number of halogens is 1. The SMILES string of the molecule is O=C(O)c1cccc(CS(=O)(=O)F)c1. The molecule has 0 aliphatic carbocycles. The van der Waals surface area contributed by atoms with Gasteiger partial charge in [0.05, 0.1) is 5.56 Å². The highest BCUT2D eigenvalue weighted by Crippen LogP contribution is 2.10. The van der Waals surface area contributed by atoms with E-state index in [1.807, 2.05) is 0 Å². The first kappa shape index (κ1) is 10.6. The van der Waals surface area contributed by atoms with Gasteiger partial charge < -0.3 is 5.11 Å². The molecule has 6 heteroatoms. The lowest BCUT2D eigenvalue weighted by Gasteiger charge is -1.98. The summed E-state index contributed by atoms with van der Waals surface area (Å²) in [7, 11) is -4.61. The Balaban J connectivity index is 3.01. The molecule has 0 bridgehead atoms. The Labute approximate surface area is 80.2 Å². The molecule has 0 unspecified atom stereocenters. The molecule has 76 valence electrons.